The summed E-state index contributed by atoms with van der Waals surface area (Å²) in [6.45, 7) is 1.63. The van der Waals surface area contributed by atoms with Crippen molar-refractivity contribution < 1.29 is 14.3 Å². The molecule has 0 radical (unpaired) electrons. The number of para-hydroxylation sites is 2. The molecule has 0 fully saturated rings. The van der Waals surface area contributed by atoms with Crippen LogP contribution in [0.5, 0.6) is 5.75 Å². The van der Waals surface area contributed by atoms with Crippen LogP contribution in [-0.2, 0) is 16.0 Å². The van der Waals surface area contributed by atoms with E-state index in [1.54, 1.807) is 20.1 Å². The highest BCUT2D eigenvalue weighted by atomic mass is 16.5. The third kappa shape index (κ3) is 4.18. The van der Waals surface area contributed by atoms with E-state index in [0.717, 1.165) is 16.6 Å². The number of hydrogen-bond donors (Lipinski definition) is 3. The summed E-state index contributed by atoms with van der Waals surface area (Å²) in [6, 6.07) is 14.0. The molecule has 0 saturated heterocycles. The number of nitrogens with zero attached hydrogens (tertiary/aromatic N) is 1. The third-order valence-corrected chi connectivity index (χ3v) is 3.90. The minimum absolute atomic E-state index is 0.166. The second kappa shape index (κ2) is 7.69. The molecule has 2 amide bonds. The number of aromatic amines is 1. The fourth-order valence-corrected chi connectivity index (χ4v) is 2.56. The minimum Gasteiger partial charge on any atom is -0.497 e. The molecule has 3 rings (SSSR count). The van der Waals surface area contributed by atoms with Gasteiger partial charge in [0.05, 0.1) is 24.6 Å². The quantitative estimate of drug-likeness (QED) is 0.634. The van der Waals surface area contributed by atoms with Gasteiger partial charge in [0.25, 0.3) is 0 Å². The number of ether oxygens (including phenoxy) is 1. The highest BCUT2D eigenvalue weighted by Crippen LogP contribution is 2.14. The second-order valence-electron chi connectivity index (χ2n) is 5.91. The van der Waals surface area contributed by atoms with Crippen molar-refractivity contribution in [1.82, 2.24) is 15.3 Å². The number of anilines is 1. The normalized spacial score (nSPS) is 11.8. The van der Waals surface area contributed by atoms with Crippen molar-refractivity contribution in [3.63, 3.8) is 0 Å². The van der Waals surface area contributed by atoms with Gasteiger partial charge in [0.15, 0.2) is 0 Å². The van der Waals surface area contributed by atoms with E-state index in [1.807, 2.05) is 42.5 Å². The second-order valence-corrected chi connectivity index (χ2v) is 5.91. The number of carbonyl (C=O) groups excluding carboxylic acids is 2. The van der Waals surface area contributed by atoms with Gasteiger partial charge in [0.1, 0.15) is 11.8 Å². The van der Waals surface area contributed by atoms with Crippen molar-refractivity contribution in [3.8, 4) is 5.75 Å². The number of rotatable bonds is 6. The lowest BCUT2D eigenvalue weighted by Gasteiger charge is -2.13. The average Bonchev–Trinajstić information content (AvgIpc) is 3.03. The molecule has 7 heteroatoms. The molecule has 3 N–H and O–H groups in total. The van der Waals surface area contributed by atoms with Crippen LogP contribution in [0.4, 0.5) is 5.95 Å². The molecule has 0 aliphatic heterocycles. The van der Waals surface area contributed by atoms with Crippen molar-refractivity contribution in [2.24, 2.45) is 0 Å². The SMILES string of the molecule is COc1cccc(CC(=O)NC(C)C(=O)Nc2nc3ccccc3[nH]2)c1. The lowest BCUT2D eigenvalue weighted by Crippen LogP contribution is -2.42. The molecule has 0 bridgehead atoms. The molecule has 1 atom stereocenters. The number of imidazole rings is 1. The van der Waals surface area contributed by atoms with Crippen LogP contribution in [0.3, 0.4) is 0 Å². The van der Waals surface area contributed by atoms with Crippen LogP contribution in [0.2, 0.25) is 0 Å². The Bertz CT molecular complexity index is 902. The number of nitrogens with one attached hydrogen (secondary N) is 3. The minimum atomic E-state index is -0.693. The number of hydrogen-bond acceptors (Lipinski definition) is 4. The Balaban J connectivity index is 1.56. The molecule has 0 spiro atoms. The Hall–Kier alpha value is -3.35. The Morgan fingerprint density at radius 2 is 2.00 bits per heavy atom. The standard InChI is InChI=1S/C19H20N4O3/c1-12(20-17(24)11-13-6-5-7-14(10-13)26-2)18(25)23-19-21-15-8-3-4-9-16(15)22-19/h3-10,12H,11H2,1-2H3,(H,20,24)(H2,21,22,23,25). The van der Waals surface area contributed by atoms with E-state index < -0.39 is 6.04 Å². The van der Waals surface area contributed by atoms with E-state index in [9.17, 15) is 9.59 Å². The maximum absolute atomic E-state index is 12.3. The molecule has 1 aromatic heterocycles. The Labute approximate surface area is 150 Å². The molecule has 1 unspecified atom stereocenters. The number of amides is 2. The van der Waals surface area contributed by atoms with Gasteiger partial charge in [-0.3, -0.25) is 14.9 Å². The van der Waals surface area contributed by atoms with Gasteiger partial charge < -0.3 is 15.0 Å². The summed E-state index contributed by atoms with van der Waals surface area (Å²) in [5, 5.41) is 5.36. The monoisotopic (exact) mass is 352 g/mol. The first kappa shape index (κ1) is 17.5. The Morgan fingerprint density at radius 1 is 1.19 bits per heavy atom. The molecule has 0 saturated carbocycles. The zero-order valence-corrected chi connectivity index (χ0v) is 14.6. The maximum atomic E-state index is 12.3. The van der Waals surface area contributed by atoms with E-state index in [2.05, 4.69) is 20.6 Å². The fourth-order valence-electron chi connectivity index (χ4n) is 2.56. The molecule has 0 aliphatic rings. The van der Waals surface area contributed by atoms with Crippen molar-refractivity contribution in [2.45, 2.75) is 19.4 Å². The molecule has 0 aliphatic carbocycles. The first-order valence-corrected chi connectivity index (χ1v) is 8.23. The van der Waals surface area contributed by atoms with Gasteiger partial charge in [-0.15, -0.1) is 0 Å². The number of benzene rings is 2. The summed E-state index contributed by atoms with van der Waals surface area (Å²) < 4.78 is 5.14. The predicted molar refractivity (Wildman–Crippen MR) is 99.0 cm³/mol. The largest absolute Gasteiger partial charge is 0.497 e. The average molecular weight is 352 g/mol. The van der Waals surface area contributed by atoms with E-state index in [-0.39, 0.29) is 18.2 Å². The van der Waals surface area contributed by atoms with Crippen molar-refractivity contribution in [1.29, 1.82) is 0 Å². The smallest absolute Gasteiger partial charge is 0.248 e. The number of fused-ring (bicyclic) bond motifs is 1. The van der Waals surface area contributed by atoms with Crippen LogP contribution >= 0.6 is 0 Å². The van der Waals surface area contributed by atoms with Gasteiger partial charge >= 0.3 is 0 Å². The molecular weight excluding hydrogens is 332 g/mol. The van der Waals surface area contributed by atoms with Crippen LogP contribution in [0, 0.1) is 0 Å². The summed E-state index contributed by atoms with van der Waals surface area (Å²) in [7, 11) is 1.57. The lowest BCUT2D eigenvalue weighted by atomic mass is 10.1. The van der Waals surface area contributed by atoms with Crippen LogP contribution in [0.1, 0.15) is 12.5 Å². The molecule has 134 valence electrons. The Kier molecular flexibility index (Phi) is 5.17. The summed E-state index contributed by atoms with van der Waals surface area (Å²) >= 11 is 0. The zero-order chi connectivity index (χ0) is 18.5. The van der Waals surface area contributed by atoms with Gasteiger partial charge in [-0.2, -0.15) is 0 Å². The first-order chi connectivity index (χ1) is 12.5. The number of H-pyrrole nitrogens is 1. The number of methoxy groups -OCH3 is 1. The van der Waals surface area contributed by atoms with Crippen molar-refractivity contribution >= 4 is 28.8 Å². The van der Waals surface area contributed by atoms with Crippen LogP contribution < -0.4 is 15.4 Å². The predicted octanol–water partition coefficient (Wildman–Crippen LogP) is 2.26. The van der Waals surface area contributed by atoms with Gasteiger partial charge in [-0.05, 0) is 36.8 Å². The van der Waals surface area contributed by atoms with Crippen LogP contribution in [0.25, 0.3) is 11.0 Å². The van der Waals surface area contributed by atoms with Crippen molar-refractivity contribution in [3.05, 3.63) is 54.1 Å². The molecule has 3 aromatic rings. The lowest BCUT2D eigenvalue weighted by molar-refractivity contribution is -0.125. The summed E-state index contributed by atoms with van der Waals surface area (Å²) in [5.74, 6) is 0.449. The molecule has 1 heterocycles. The summed E-state index contributed by atoms with van der Waals surface area (Å²) in [4.78, 5) is 31.7. The van der Waals surface area contributed by atoms with Gasteiger partial charge in [-0.1, -0.05) is 24.3 Å². The number of carbonyl (C=O) groups is 2. The molecule has 26 heavy (non-hydrogen) atoms. The topological polar surface area (TPSA) is 96.1 Å². The van der Waals surface area contributed by atoms with E-state index >= 15 is 0 Å². The summed E-state index contributed by atoms with van der Waals surface area (Å²) in [5.41, 5.74) is 2.40. The van der Waals surface area contributed by atoms with E-state index in [4.69, 9.17) is 4.74 Å². The fraction of sp³-hybridized carbons (Fsp3) is 0.211. The van der Waals surface area contributed by atoms with Crippen LogP contribution in [0.15, 0.2) is 48.5 Å². The zero-order valence-electron chi connectivity index (χ0n) is 14.6. The third-order valence-electron chi connectivity index (χ3n) is 3.90. The van der Waals surface area contributed by atoms with Gasteiger partial charge in [-0.25, -0.2) is 4.98 Å². The molecule has 2 aromatic carbocycles. The summed E-state index contributed by atoms with van der Waals surface area (Å²) in [6.07, 6.45) is 0.166. The first-order valence-electron chi connectivity index (χ1n) is 8.23. The van der Waals surface area contributed by atoms with Crippen LogP contribution in [-0.4, -0.2) is 34.9 Å². The van der Waals surface area contributed by atoms with E-state index in [0.29, 0.717) is 11.7 Å². The molecule has 7 nitrogen and oxygen atoms in total. The number of aromatic nitrogens is 2. The Morgan fingerprint density at radius 3 is 2.77 bits per heavy atom. The van der Waals surface area contributed by atoms with Gasteiger partial charge in [0, 0.05) is 0 Å². The highest BCUT2D eigenvalue weighted by molar-refractivity contribution is 5.97. The highest BCUT2D eigenvalue weighted by Gasteiger charge is 2.17. The van der Waals surface area contributed by atoms with E-state index in [1.165, 1.54) is 0 Å². The van der Waals surface area contributed by atoms with Crippen molar-refractivity contribution in [2.75, 3.05) is 12.4 Å². The maximum Gasteiger partial charge on any atom is 0.248 e. The molecular formula is C19H20N4O3. The van der Waals surface area contributed by atoms with Gasteiger partial charge in [0.2, 0.25) is 17.8 Å².